The van der Waals surface area contributed by atoms with E-state index in [1.54, 1.807) is 47.3 Å². The summed E-state index contributed by atoms with van der Waals surface area (Å²) in [5, 5.41) is 4.36. The van der Waals surface area contributed by atoms with Crippen LogP contribution in [0.4, 0.5) is 15.9 Å². The summed E-state index contributed by atoms with van der Waals surface area (Å²) in [5.74, 6) is 0.683. The standard InChI is InChI=1S/C27H18ClFN4O3/c28-24-9-21(4-7-26(24)36-15-17-2-1-3-20(29)8-17)32-27-23-10-22(5-6-25(23)30-16-31-27)33-11-18(13-34)19(12-33)14-35/h1-14,16H,15H2,(H,30,31,32). The summed E-state index contributed by atoms with van der Waals surface area (Å²) >= 11 is 6.43. The van der Waals surface area contributed by atoms with Crippen molar-refractivity contribution in [2.24, 2.45) is 0 Å². The van der Waals surface area contributed by atoms with Gasteiger partial charge in [-0.1, -0.05) is 23.7 Å². The number of fused-ring (bicyclic) bond motifs is 1. The summed E-state index contributed by atoms with van der Waals surface area (Å²) < 4.78 is 20.8. The summed E-state index contributed by atoms with van der Waals surface area (Å²) in [5.41, 5.74) is 3.42. The molecule has 0 saturated heterocycles. The van der Waals surface area contributed by atoms with E-state index in [4.69, 9.17) is 16.3 Å². The van der Waals surface area contributed by atoms with Gasteiger partial charge in [-0.05, 0) is 54.1 Å². The van der Waals surface area contributed by atoms with E-state index in [1.165, 1.54) is 18.5 Å². The number of carbonyl (C=O) groups excluding carboxylic acids is 2. The number of rotatable bonds is 8. The Balaban J connectivity index is 1.40. The fraction of sp³-hybridized carbons (Fsp3) is 0.0370. The van der Waals surface area contributed by atoms with Crippen LogP contribution in [0, 0.1) is 5.82 Å². The van der Waals surface area contributed by atoms with Gasteiger partial charge in [-0.3, -0.25) is 9.59 Å². The maximum absolute atomic E-state index is 13.4. The quantitative estimate of drug-likeness (QED) is 0.257. The van der Waals surface area contributed by atoms with E-state index in [9.17, 15) is 14.0 Å². The molecule has 0 radical (unpaired) electrons. The lowest BCUT2D eigenvalue weighted by molar-refractivity contribution is 0.109. The first kappa shape index (κ1) is 23.2. The number of anilines is 2. The summed E-state index contributed by atoms with van der Waals surface area (Å²) in [6, 6.07) is 16.9. The zero-order chi connectivity index (χ0) is 25.1. The average Bonchev–Trinajstić information content (AvgIpc) is 3.32. The predicted octanol–water partition coefficient (Wildman–Crippen LogP) is 6.16. The summed E-state index contributed by atoms with van der Waals surface area (Å²) in [6.07, 6.45) is 5.93. The van der Waals surface area contributed by atoms with Crippen LogP contribution in [0.15, 0.2) is 79.4 Å². The lowest BCUT2D eigenvalue weighted by Crippen LogP contribution is -1.99. The number of ether oxygens (including phenoxy) is 1. The fourth-order valence-electron chi connectivity index (χ4n) is 3.76. The van der Waals surface area contributed by atoms with Crippen LogP contribution < -0.4 is 10.1 Å². The van der Waals surface area contributed by atoms with E-state index in [0.717, 1.165) is 11.1 Å². The average molecular weight is 501 g/mol. The Morgan fingerprint density at radius 2 is 1.78 bits per heavy atom. The fourth-order valence-corrected chi connectivity index (χ4v) is 3.99. The second kappa shape index (κ2) is 9.97. The third-order valence-electron chi connectivity index (χ3n) is 5.54. The molecule has 0 fully saturated rings. The molecule has 178 valence electrons. The first-order valence-corrected chi connectivity index (χ1v) is 11.2. The van der Waals surface area contributed by atoms with Crippen molar-refractivity contribution < 1.29 is 18.7 Å². The van der Waals surface area contributed by atoms with Gasteiger partial charge in [-0.2, -0.15) is 0 Å². The maximum atomic E-state index is 13.4. The first-order valence-electron chi connectivity index (χ1n) is 10.9. The molecule has 5 aromatic rings. The molecular weight excluding hydrogens is 483 g/mol. The number of nitrogens with one attached hydrogen (secondary N) is 1. The van der Waals surface area contributed by atoms with E-state index >= 15 is 0 Å². The molecule has 7 nitrogen and oxygen atoms in total. The second-order valence-electron chi connectivity index (χ2n) is 7.92. The predicted molar refractivity (Wildman–Crippen MR) is 135 cm³/mol. The number of nitrogens with zero attached hydrogens (tertiary/aromatic N) is 3. The molecule has 0 saturated carbocycles. The molecule has 0 amide bonds. The van der Waals surface area contributed by atoms with Crippen molar-refractivity contribution >= 4 is 46.6 Å². The molecular formula is C27H18ClFN4O3. The minimum absolute atomic E-state index is 0.181. The van der Waals surface area contributed by atoms with Gasteiger partial charge in [0.05, 0.1) is 10.5 Å². The molecule has 2 aromatic heterocycles. The Morgan fingerprint density at radius 1 is 0.972 bits per heavy atom. The van der Waals surface area contributed by atoms with Crippen molar-refractivity contribution in [1.29, 1.82) is 0 Å². The summed E-state index contributed by atoms with van der Waals surface area (Å²) in [7, 11) is 0. The van der Waals surface area contributed by atoms with E-state index < -0.39 is 0 Å². The van der Waals surface area contributed by atoms with Crippen molar-refractivity contribution in [1.82, 2.24) is 14.5 Å². The highest BCUT2D eigenvalue weighted by Crippen LogP contribution is 2.31. The highest BCUT2D eigenvalue weighted by atomic mass is 35.5. The van der Waals surface area contributed by atoms with Gasteiger partial charge in [0.25, 0.3) is 0 Å². The van der Waals surface area contributed by atoms with Crippen molar-refractivity contribution in [3.63, 3.8) is 0 Å². The van der Waals surface area contributed by atoms with Gasteiger partial charge in [-0.25, -0.2) is 14.4 Å². The Morgan fingerprint density at radius 3 is 2.50 bits per heavy atom. The van der Waals surface area contributed by atoms with Crippen LogP contribution in [0.5, 0.6) is 5.75 Å². The Kier molecular flexibility index (Phi) is 6.42. The van der Waals surface area contributed by atoms with Gasteiger partial charge in [0.2, 0.25) is 0 Å². The smallest absolute Gasteiger partial charge is 0.152 e. The van der Waals surface area contributed by atoms with Crippen molar-refractivity contribution in [3.8, 4) is 11.4 Å². The zero-order valence-electron chi connectivity index (χ0n) is 18.7. The van der Waals surface area contributed by atoms with Gasteiger partial charge in [0, 0.05) is 40.3 Å². The number of halogens is 2. The van der Waals surface area contributed by atoms with Crippen LogP contribution in [0.2, 0.25) is 5.02 Å². The number of carbonyl (C=O) groups is 2. The topological polar surface area (TPSA) is 86.1 Å². The molecule has 0 aliphatic rings. The summed E-state index contributed by atoms with van der Waals surface area (Å²) in [4.78, 5) is 31.2. The Hall–Kier alpha value is -4.56. The second-order valence-corrected chi connectivity index (χ2v) is 8.33. The van der Waals surface area contributed by atoms with Crippen LogP contribution >= 0.6 is 11.6 Å². The van der Waals surface area contributed by atoms with Gasteiger partial charge in [-0.15, -0.1) is 0 Å². The lowest BCUT2D eigenvalue weighted by atomic mass is 10.2. The van der Waals surface area contributed by atoms with Crippen LogP contribution in [-0.2, 0) is 6.61 Å². The normalized spacial score (nSPS) is 10.8. The van der Waals surface area contributed by atoms with Crippen LogP contribution in [0.3, 0.4) is 0 Å². The van der Waals surface area contributed by atoms with Crippen LogP contribution in [0.25, 0.3) is 16.6 Å². The molecule has 0 atom stereocenters. The number of benzene rings is 3. The minimum Gasteiger partial charge on any atom is -0.487 e. The highest BCUT2D eigenvalue weighted by Gasteiger charge is 2.11. The number of aromatic nitrogens is 3. The van der Waals surface area contributed by atoms with Gasteiger partial charge in [0.15, 0.2) is 12.6 Å². The van der Waals surface area contributed by atoms with E-state index in [-0.39, 0.29) is 12.4 Å². The molecule has 0 unspecified atom stereocenters. The van der Waals surface area contributed by atoms with Crippen molar-refractivity contribution in [2.75, 3.05) is 5.32 Å². The van der Waals surface area contributed by atoms with E-state index in [0.29, 0.717) is 57.1 Å². The molecule has 2 heterocycles. The lowest BCUT2D eigenvalue weighted by Gasteiger charge is -2.12. The molecule has 1 N–H and O–H groups in total. The van der Waals surface area contributed by atoms with Crippen molar-refractivity contribution in [3.05, 3.63) is 107 Å². The van der Waals surface area contributed by atoms with Gasteiger partial charge >= 0.3 is 0 Å². The monoisotopic (exact) mass is 500 g/mol. The Labute approximate surface area is 210 Å². The molecule has 9 heteroatoms. The number of aldehydes is 2. The molecule has 36 heavy (non-hydrogen) atoms. The zero-order valence-corrected chi connectivity index (χ0v) is 19.4. The SMILES string of the molecule is O=Cc1cn(-c2ccc3ncnc(Nc4ccc(OCc5cccc(F)c5)c(Cl)c4)c3c2)cc1C=O. The number of hydrogen-bond donors (Lipinski definition) is 1. The largest absolute Gasteiger partial charge is 0.487 e. The highest BCUT2D eigenvalue weighted by molar-refractivity contribution is 6.32. The maximum Gasteiger partial charge on any atom is 0.152 e. The van der Waals surface area contributed by atoms with Crippen molar-refractivity contribution in [2.45, 2.75) is 6.61 Å². The van der Waals surface area contributed by atoms with Crippen LogP contribution in [-0.4, -0.2) is 27.1 Å². The van der Waals surface area contributed by atoms with Gasteiger partial charge < -0.3 is 14.6 Å². The number of hydrogen-bond acceptors (Lipinski definition) is 6. The summed E-state index contributed by atoms with van der Waals surface area (Å²) in [6.45, 7) is 0.181. The molecule has 5 rings (SSSR count). The third kappa shape index (κ3) is 4.80. The van der Waals surface area contributed by atoms with E-state index in [1.807, 2.05) is 18.2 Å². The van der Waals surface area contributed by atoms with E-state index in [2.05, 4.69) is 15.3 Å². The third-order valence-corrected chi connectivity index (χ3v) is 5.83. The molecule has 0 aliphatic carbocycles. The molecule has 3 aromatic carbocycles. The molecule has 0 bridgehead atoms. The molecule has 0 spiro atoms. The first-order chi connectivity index (χ1) is 17.5. The van der Waals surface area contributed by atoms with Crippen LogP contribution in [0.1, 0.15) is 26.3 Å². The Bertz CT molecular complexity index is 1580. The molecule has 0 aliphatic heterocycles. The minimum atomic E-state index is -0.327. The van der Waals surface area contributed by atoms with Gasteiger partial charge in [0.1, 0.15) is 30.3 Å².